The number of aromatic nitrogens is 8. The summed E-state index contributed by atoms with van der Waals surface area (Å²) in [4.78, 5) is 138. The maximum Gasteiger partial charge on any atom is 0.226 e. The number of nitrogens with two attached hydrogens (primary N) is 1. The molecule has 0 spiro atoms. The van der Waals surface area contributed by atoms with E-state index in [1.807, 2.05) is 88.4 Å². The first-order valence-electron chi connectivity index (χ1n) is 39.9. The molecule has 0 fully saturated rings. The Morgan fingerprint density at radius 1 is 0.358 bits per heavy atom. The molecule has 8 aromatic heterocycles. The molecule has 4 aromatic carbocycles. The van der Waals surface area contributed by atoms with E-state index in [2.05, 4.69) is 39.9 Å². The van der Waals surface area contributed by atoms with E-state index in [9.17, 15) is 42.7 Å². The predicted molar refractivity (Wildman–Crippen MR) is 486 cm³/mol. The number of hydrogen-bond acceptors (Lipinski definition) is 18. The molecule has 0 aliphatic rings. The van der Waals surface area contributed by atoms with Crippen LogP contribution in [0.25, 0.3) is 45.0 Å². The molecule has 8 heterocycles. The van der Waals surface area contributed by atoms with Gasteiger partial charge in [0, 0.05) is 184 Å². The minimum atomic E-state index is -0.524. The van der Waals surface area contributed by atoms with Crippen LogP contribution in [0, 0.1) is 26.7 Å². The third kappa shape index (κ3) is 26.2. The molecule has 0 radical (unpaired) electrons. The second kappa shape index (κ2) is 45.3. The Morgan fingerprint density at radius 3 is 0.927 bits per heavy atom. The summed E-state index contributed by atoms with van der Waals surface area (Å²) in [5, 5.41) is 1.87. The van der Waals surface area contributed by atoms with Gasteiger partial charge < -0.3 is 30.1 Å². The molecule has 634 valence electrons. The van der Waals surface area contributed by atoms with Crippen LogP contribution in [0.5, 0.6) is 5.88 Å². The van der Waals surface area contributed by atoms with Gasteiger partial charge in [0.15, 0.2) is 23.1 Å². The molecule has 27 heteroatoms. The van der Waals surface area contributed by atoms with Crippen LogP contribution in [0.4, 0.5) is 33.0 Å². The van der Waals surface area contributed by atoms with Crippen LogP contribution in [-0.4, -0.2) is 122 Å². The number of methoxy groups -OCH3 is 1. The number of pyridine rings is 8. The van der Waals surface area contributed by atoms with E-state index in [1.165, 1.54) is 15.9 Å². The second-order valence-corrected chi connectivity index (χ2v) is 30.3. The first-order chi connectivity index (χ1) is 58.9. The lowest BCUT2D eigenvalue weighted by Gasteiger charge is -2.18. The average molecular weight is 1740 g/mol. The van der Waals surface area contributed by atoms with E-state index < -0.39 is 5.95 Å². The van der Waals surface area contributed by atoms with E-state index >= 15 is 0 Å². The maximum absolute atomic E-state index is 13.1. The molecule has 0 bridgehead atoms. The van der Waals surface area contributed by atoms with Crippen LogP contribution in [0.1, 0.15) is 160 Å². The predicted octanol–water partition coefficient (Wildman–Crippen LogP) is 20.6. The Kier molecular flexibility index (Phi) is 34.7. The Balaban J connectivity index is 0.000000186. The number of Topliss-reactive ketones (excluding diaryl/α,β-unsaturated/α-hetero) is 4. The Labute approximate surface area is 736 Å². The molecule has 0 saturated carbocycles. The van der Waals surface area contributed by atoms with Gasteiger partial charge in [-0.15, -0.1) is 0 Å². The highest BCUT2D eigenvalue weighted by Crippen LogP contribution is 2.36. The van der Waals surface area contributed by atoms with Crippen molar-refractivity contribution in [2.45, 2.75) is 126 Å². The smallest absolute Gasteiger partial charge is 0.226 e. The Morgan fingerprint density at radius 2 is 0.667 bits per heavy atom. The van der Waals surface area contributed by atoms with Gasteiger partial charge in [-0.25, -0.2) is 15.0 Å². The largest absolute Gasteiger partial charge is 0.481 e. The zero-order valence-corrected chi connectivity index (χ0v) is 73.6. The van der Waals surface area contributed by atoms with Crippen molar-refractivity contribution in [2.24, 2.45) is 0 Å². The van der Waals surface area contributed by atoms with Crippen LogP contribution < -0.4 is 30.1 Å². The molecule has 0 unspecified atom stereocenters. The fourth-order valence-electron chi connectivity index (χ4n) is 12.8. The van der Waals surface area contributed by atoms with Gasteiger partial charge in [0.1, 0.15) is 5.82 Å². The molecule has 12 aromatic rings. The number of nitrogens with zero attached hydrogens (tertiary/aromatic N) is 12. The molecule has 22 nitrogen and oxygen atoms in total. The maximum atomic E-state index is 13.1. The number of halogens is 5. The first-order valence-corrected chi connectivity index (χ1v) is 41.4. The van der Waals surface area contributed by atoms with Crippen molar-refractivity contribution in [1.29, 1.82) is 0 Å². The summed E-state index contributed by atoms with van der Waals surface area (Å²) in [5.41, 5.74) is 22.8. The van der Waals surface area contributed by atoms with Gasteiger partial charge >= 0.3 is 0 Å². The standard InChI is InChI=1S/C25H26ClN3O2.C24H23ClFN3O2.C24H24ClN3O3.C23H23ClN4O2/c1-5-25(31)29(4)23-12-9-19(14-21(23)26)22-11-8-20(15-27-22)24(30)13-10-18-7-6-16(2)28-17(18)3;1-4-24(31)29(3)21-10-6-17(13-19(21)25)20-9-5-18(14-27-20)22(30)11-7-16-8-12-23(26)28-15(16)2;1-4-24(30)28(2)21-10-8-17(13-19(21)25)20-9-7-18(15-26-20)22(29)11-5-16-6-12-23(31-3)27-14-16;1-3-23(30)28(2)20-9-7-16(12-18(20)24)19-8-6-17(14-26-19)21(29)10-4-15-5-11-22(25)27-13-15/h6-9,11-12,14-15H,5,10,13H2,1-4H3;5-6,8-10,12-14H,4,7,11H2,1-3H3;6-10,12-15H,4-5,11H2,1-3H3;5-9,11-14H,3-4,10H2,1-2H3,(H2,25,27). The zero-order chi connectivity index (χ0) is 89.1. The highest BCUT2D eigenvalue weighted by atomic mass is 35.5. The van der Waals surface area contributed by atoms with E-state index in [0.29, 0.717) is 176 Å². The lowest BCUT2D eigenvalue weighted by atomic mass is 10.0. The van der Waals surface area contributed by atoms with Gasteiger partial charge in [-0.1, -0.05) is 123 Å². The van der Waals surface area contributed by atoms with Crippen molar-refractivity contribution in [3.63, 3.8) is 0 Å². The molecule has 2 N–H and O–H groups in total. The van der Waals surface area contributed by atoms with Gasteiger partial charge in [-0.05, 0) is 184 Å². The van der Waals surface area contributed by atoms with E-state index in [1.54, 1.807) is 206 Å². The molecule has 0 aliphatic heterocycles. The zero-order valence-electron chi connectivity index (χ0n) is 70.6. The lowest BCUT2D eigenvalue weighted by molar-refractivity contribution is -0.118. The third-order valence-electron chi connectivity index (χ3n) is 20.3. The fraction of sp³-hybridized carbons (Fsp3) is 0.250. The van der Waals surface area contributed by atoms with E-state index in [4.69, 9.17) is 56.9 Å². The summed E-state index contributed by atoms with van der Waals surface area (Å²) in [6.07, 6.45) is 15.1. The van der Waals surface area contributed by atoms with E-state index in [0.717, 1.165) is 55.9 Å². The SMILES string of the molecule is CCC(=O)N(C)c1ccc(-c2ccc(C(=O)CCc3ccc(C)nc3C)cn2)cc1Cl.CCC(=O)N(C)c1ccc(-c2ccc(C(=O)CCc3ccc(F)nc3C)cn2)cc1Cl.CCC(=O)N(C)c1ccc(-c2ccc(C(=O)CCc3ccc(N)nc3)cn2)cc1Cl.CCC(=O)N(C)c1ccc(-c2ccc(C(=O)CCc3ccc(OC)nc3)cn2)cc1Cl. The summed E-state index contributed by atoms with van der Waals surface area (Å²) in [6.45, 7) is 12.9. The van der Waals surface area contributed by atoms with Crippen LogP contribution >= 0.6 is 46.4 Å². The summed E-state index contributed by atoms with van der Waals surface area (Å²) in [5.74, 6) is 0.457. The number of ether oxygens (including phenoxy) is 1. The summed E-state index contributed by atoms with van der Waals surface area (Å²) >= 11 is 25.5. The minimum absolute atomic E-state index is 0.00717. The van der Waals surface area contributed by atoms with Gasteiger partial charge in [0.05, 0.1) is 72.7 Å². The summed E-state index contributed by atoms with van der Waals surface area (Å²) < 4.78 is 18.2. The van der Waals surface area contributed by atoms with Crippen LogP contribution in [0.15, 0.2) is 207 Å². The third-order valence-corrected chi connectivity index (χ3v) is 21.6. The van der Waals surface area contributed by atoms with Gasteiger partial charge in [0.2, 0.25) is 35.5 Å². The highest BCUT2D eigenvalue weighted by molar-refractivity contribution is 6.35. The van der Waals surface area contributed by atoms with Gasteiger partial charge in [-0.3, -0.25) is 63.3 Å². The van der Waals surface area contributed by atoms with Crippen LogP contribution in [-0.2, 0) is 44.9 Å². The molecule has 12 rings (SSSR count). The normalized spacial score (nSPS) is 10.7. The quantitative estimate of drug-likeness (QED) is 0.0336. The number of anilines is 5. The molecule has 4 amide bonds. The van der Waals surface area contributed by atoms with Gasteiger partial charge in [-0.2, -0.15) is 4.39 Å². The Bertz CT molecular complexity index is 5570. The topological polar surface area (TPSA) is 288 Å². The first kappa shape index (κ1) is 94.2. The molecular formula is C96H96Cl4FN13O9. The number of nitrogen functional groups attached to an aromatic ring is 1. The fourth-order valence-corrected chi connectivity index (χ4v) is 14.0. The average Bonchev–Trinajstić information content (AvgIpc) is 0.827. The van der Waals surface area contributed by atoms with Crippen molar-refractivity contribution in [3.05, 3.63) is 295 Å². The molecular weight excluding hydrogens is 1640 g/mol. The van der Waals surface area contributed by atoms with Crippen LogP contribution in [0.3, 0.4) is 0 Å². The van der Waals surface area contributed by atoms with Crippen LogP contribution in [0.2, 0.25) is 20.1 Å². The number of carbonyl (C=O) groups is 8. The molecule has 0 aliphatic carbocycles. The van der Waals surface area contributed by atoms with Crippen molar-refractivity contribution >= 4 is 122 Å². The molecule has 123 heavy (non-hydrogen) atoms. The number of benzene rings is 4. The highest BCUT2D eigenvalue weighted by Gasteiger charge is 2.21. The number of carbonyl (C=O) groups excluding carboxylic acids is 8. The molecule has 0 atom stereocenters. The summed E-state index contributed by atoms with van der Waals surface area (Å²) in [6, 6.07) is 50.2. The minimum Gasteiger partial charge on any atom is -0.481 e. The Hall–Kier alpha value is -12.7. The number of aryl methyl sites for hydroxylation is 7. The van der Waals surface area contributed by atoms with Crippen molar-refractivity contribution in [1.82, 2.24) is 39.9 Å². The number of ketones is 4. The van der Waals surface area contributed by atoms with Crippen molar-refractivity contribution < 1.29 is 47.5 Å². The van der Waals surface area contributed by atoms with E-state index in [-0.39, 0.29) is 53.2 Å². The summed E-state index contributed by atoms with van der Waals surface area (Å²) in [7, 11) is 8.37. The van der Waals surface area contributed by atoms with Gasteiger partial charge in [0.25, 0.3) is 0 Å². The number of amides is 4. The van der Waals surface area contributed by atoms with Crippen molar-refractivity contribution in [2.75, 3.05) is 60.6 Å². The number of hydrogen-bond donors (Lipinski definition) is 1. The lowest BCUT2D eigenvalue weighted by Crippen LogP contribution is -2.25. The van der Waals surface area contributed by atoms with Crippen molar-refractivity contribution in [3.8, 4) is 50.9 Å². The monoisotopic (exact) mass is 1730 g/mol. The number of rotatable bonds is 29. The molecule has 0 saturated heterocycles. The second-order valence-electron chi connectivity index (χ2n) is 28.7.